The summed E-state index contributed by atoms with van der Waals surface area (Å²) < 4.78 is 5.35. The van der Waals surface area contributed by atoms with Crippen LogP contribution in [0, 0.1) is 6.92 Å². The standard InChI is InChI=1S/C12H16N2O2/c1-8-2-5-11(10(13)6-8)16-7-12(15)14-9-3-4-9/h2,5-6,9H,3-4,7,13H2,1H3,(H,14,15). The molecule has 0 unspecified atom stereocenters. The van der Waals surface area contributed by atoms with Crippen LogP contribution in [0.1, 0.15) is 18.4 Å². The van der Waals surface area contributed by atoms with Gasteiger partial charge in [-0.15, -0.1) is 0 Å². The Bertz CT molecular complexity index is 400. The Morgan fingerprint density at radius 1 is 1.56 bits per heavy atom. The smallest absolute Gasteiger partial charge is 0.258 e. The molecule has 4 heteroatoms. The van der Waals surface area contributed by atoms with Crippen LogP contribution >= 0.6 is 0 Å². The van der Waals surface area contributed by atoms with E-state index in [9.17, 15) is 4.79 Å². The first-order valence-electron chi connectivity index (χ1n) is 5.43. The van der Waals surface area contributed by atoms with E-state index in [1.807, 2.05) is 19.1 Å². The molecule has 1 saturated carbocycles. The minimum absolute atomic E-state index is 0.0315. The lowest BCUT2D eigenvalue weighted by atomic mass is 10.2. The summed E-state index contributed by atoms with van der Waals surface area (Å²) in [5.41, 5.74) is 7.41. The van der Waals surface area contributed by atoms with Gasteiger partial charge in [-0.1, -0.05) is 6.07 Å². The van der Waals surface area contributed by atoms with Crippen LogP contribution < -0.4 is 15.8 Å². The number of anilines is 1. The fourth-order valence-electron chi connectivity index (χ4n) is 1.44. The highest BCUT2D eigenvalue weighted by Crippen LogP contribution is 2.22. The van der Waals surface area contributed by atoms with Crippen molar-refractivity contribution >= 4 is 11.6 Å². The van der Waals surface area contributed by atoms with Crippen molar-refractivity contribution in [2.75, 3.05) is 12.3 Å². The van der Waals surface area contributed by atoms with Crippen molar-refractivity contribution in [3.63, 3.8) is 0 Å². The molecule has 1 aromatic rings. The van der Waals surface area contributed by atoms with E-state index in [-0.39, 0.29) is 12.5 Å². The SMILES string of the molecule is Cc1ccc(OCC(=O)NC2CC2)c(N)c1. The third kappa shape index (κ3) is 2.89. The Morgan fingerprint density at radius 3 is 2.94 bits per heavy atom. The highest BCUT2D eigenvalue weighted by atomic mass is 16.5. The van der Waals surface area contributed by atoms with Crippen LogP contribution in [0.3, 0.4) is 0 Å². The summed E-state index contributed by atoms with van der Waals surface area (Å²) in [7, 11) is 0. The van der Waals surface area contributed by atoms with Crippen LogP contribution in [0.15, 0.2) is 18.2 Å². The van der Waals surface area contributed by atoms with E-state index >= 15 is 0 Å². The lowest BCUT2D eigenvalue weighted by Gasteiger charge is -2.09. The highest BCUT2D eigenvalue weighted by molar-refractivity contribution is 5.78. The van der Waals surface area contributed by atoms with Gasteiger partial charge in [0.2, 0.25) is 0 Å². The van der Waals surface area contributed by atoms with Gasteiger partial charge in [-0.05, 0) is 37.5 Å². The average molecular weight is 220 g/mol. The fourth-order valence-corrected chi connectivity index (χ4v) is 1.44. The molecule has 1 aromatic carbocycles. The maximum absolute atomic E-state index is 11.4. The number of rotatable bonds is 4. The predicted octanol–water partition coefficient (Wildman–Crippen LogP) is 1.23. The maximum atomic E-state index is 11.4. The quantitative estimate of drug-likeness (QED) is 0.750. The molecule has 86 valence electrons. The van der Waals surface area contributed by atoms with Crippen molar-refractivity contribution in [1.29, 1.82) is 0 Å². The number of ether oxygens (including phenoxy) is 1. The van der Waals surface area contributed by atoms with Crippen LogP contribution in [0.2, 0.25) is 0 Å². The summed E-state index contributed by atoms with van der Waals surface area (Å²) in [4.78, 5) is 11.4. The number of benzene rings is 1. The van der Waals surface area contributed by atoms with Gasteiger partial charge in [-0.3, -0.25) is 4.79 Å². The van der Waals surface area contributed by atoms with Gasteiger partial charge in [-0.2, -0.15) is 0 Å². The third-order valence-electron chi connectivity index (χ3n) is 2.47. The third-order valence-corrected chi connectivity index (χ3v) is 2.47. The van der Waals surface area contributed by atoms with Crippen LogP contribution in [-0.4, -0.2) is 18.6 Å². The normalized spacial score (nSPS) is 14.6. The topological polar surface area (TPSA) is 64.3 Å². The van der Waals surface area contributed by atoms with Crippen molar-refractivity contribution in [2.45, 2.75) is 25.8 Å². The number of aryl methyl sites for hydroxylation is 1. The average Bonchev–Trinajstić information content (AvgIpc) is 3.00. The number of hydrogen-bond donors (Lipinski definition) is 2. The van der Waals surface area contributed by atoms with Crippen molar-refractivity contribution < 1.29 is 9.53 Å². The summed E-state index contributed by atoms with van der Waals surface area (Å²) in [6.07, 6.45) is 2.16. The number of carbonyl (C=O) groups excluding carboxylic acids is 1. The van der Waals surface area contributed by atoms with E-state index in [0.29, 0.717) is 17.5 Å². The first kappa shape index (κ1) is 10.8. The molecule has 16 heavy (non-hydrogen) atoms. The largest absolute Gasteiger partial charge is 0.482 e. The van der Waals surface area contributed by atoms with Crippen molar-refractivity contribution in [3.8, 4) is 5.75 Å². The second-order valence-corrected chi connectivity index (χ2v) is 4.17. The Kier molecular flexibility index (Phi) is 2.99. The van der Waals surface area contributed by atoms with Gasteiger partial charge in [0.05, 0.1) is 5.69 Å². The minimum atomic E-state index is -0.0810. The van der Waals surface area contributed by atoms with Crippen LogP contribution in [0.4, 0.5) is 5.69 Å². The van der Waals surface area contributed by atoms with Crippen molar-refractivity contribution in [3.05, 3.63) is 23.8 Å². The zero-order valence-electron chi connectivity index (χ0n) is 9.32. The lowest BCUT2D eigenvalue weighted by Crippen LogP contribution is -2.30. The van der Waals surface area contributed by atoms with Crippen molar-refractivity contribution in [1.82, 2.24) is 5.32 Å². The van der Waals surface area contributed by atoms with Gasteiger partial charge < -0.3 is 15.8 Å². The summed E-state index contributed by atoms with van der Waals surface area (Å²) in [5, 5.41) is 2.85. The Hall–Kier alpha value is -1.71. The molecule has 0 saturated heterocycles. The van der Waals surface area contributed by atoms with E-state index in [1.54, 1.807) is 6.07 Å². The molecule has 2 rings (SSSR count). The molecule has 3 N–H and O–H groups in total. The van der Waals surface area contributed by atoms with Crippen LogP contribution in [0.25, 0.3) is 0 Å². The highest BCUT2D eigenvalue weighted by Gasteiger charge is 2.23. The number of hydrogen-bond acceptors (Lipinski definition) is 3. The minimum Gasteiger partial charge on any atom is -0.482 e. The zero-order chi connectivity index (χ0) is 11.5. The second kappa shape index (κ2) is 4.43. The first-order chi connectivity index (χ1) is 7.65. The second-order valence-electron chi connectivity index (χ2n) is 4.17. The summed E-state index contributed by atoms with van der Waals surface area (Å²) in [5.74, 6) is 0.485. The summed E-state index contributed by atoms with van der Waals surface area (Å²) >= 11 is 0. The van der Waals surface area contributed by atoms with E-state index in [0.717, 1.165) is 18.4 Å². The lowest BCUT2D eigenvalue weighted by molar-refractivity contribution is -0.123. The Labute approximate surface area is 94.8 Å². The van der Waals surface area contributed by atoms with Crippen molar-refractivity contribution in [2.24, 2.45) is 0 Å². The molecule has 1 aliphatic rings. The van der Waals surface area contributed by atoms with E-state index in [1.165, 1.54) is 0 Å². The molecule has 0 aliphatic heterocycles. The molecule has 0 spiro atoms. The molecule has 1 amide bonds. The van der Waals surface area contributed by atoms with Gasteiger partial charge >= 0.3 is 0 Å². The molecular formula is C12H16N2O2. The molecule has 0 aromatic heterocycles. The number of carbonyl (C=O) groups is 1. The monoisotopic (exact) mass is 220 g/mol. The van der Waals surface area contributed by atoms with E-state index < -0.39 is 0 Å². The molecule has 4 nitrogen and oxygen atoms in total. The number of nitrogens with two attached hydrogens (primary N) is 1. The summed E-state index contributed by atoms with van der Waals surface area (Å²) in [6, 6.07) is 5.89. The van der Waals surface area contributed by atoms with Crippen LogP contribution in [-0.2, 0) is 4.79 Å². The molecule has 0 heterocycles. The molecule has 1 fully saturated rings. The molecule has 0 atom stereocenters. The molecule has 0 radical (unpaired) electrons. The Morgan fingerprint density at radius 2 is 2.31 bits per heavy atom. The number of amides is 1. The first-order valence-corrected chi connectivity index (χ1v) is 5.43. The van der Waals surface area contributed by atoms with Gasteiger partial charge in [0, 0.05) is 6.04 Å². The maximum Gasteiger partial charge on any atom is 0.258 e. The zero-order valence-corrected chi connectivity index (χ0v) is 9.32. The van der Waals surface area contributed by atoms with Crippen LogP contribution in [0.5, 0.6) is 5.75 Å². The van der Waals surface area contributed by atoms with Gasteiger partial charge in [0.25, 0.3) is 5.91 Å². The fraction of sp³-hybridized carbons (Fsp3) is 0.417. The number of nitrogens with one attached hydrogen (secondary N) is 1. The van der Waals surface area contributed by atoms with Gasteiger partial charge in [-0.25, -0.2) is 0 Å². The number of nitrogen functional groups attached to an aromatic ring is 1. The molecular weight excluding hydrogens is 204 g/mol. The summed E-state index contributed by atoms with van der Waals surface area (Å²) in [6.45, 7) is 1.99. The predicted molar refractivity (Wildman–Crippen MR) is 62.3 cm³/mol. The van der Waals surface area contributed by atoms with E-state index in [2.05, 4.69) is 5.32 Å². The van der Waals surface area contributed by atoms with E-state index in [4.69, 9.17) is 10.5 Å². The van der Waals surface area contributed by atoms with Gasteiger partial charge in [0.15, 0.2) is 6.61 Å². The molecule has 1 aliphatic carbocycles. The Balaban J connectivity index is 1.85. The van der Waals surface area contributed by atoms with Gasteiger partial charge in [0.1, 0.15) is 5.75 Å². The molecule has 0 bridgehead atoms.